The van der Waals surface area contributed by atoms with Crippen LogP contribution >= 0.6 is 47.4 Å². The summed E-state index contributed by atoms with van der Waals surface area (Å²) in [6.45, 7) is 0. The molecule has 0 N–H and O–H groups in total. The maximum atomic E-state index is 5.44. The number of hydrogen-bond acceptors (Lipinski definition) is 2. The molecule has 0 aromatic carbocycles. The molecule has 0 rings (SSSR count). The van der Waals surface area contributed by atoms with Gasteiger partial charge in [-0.2, -0.15) is 26.8 Å². The van der Waals surface area contributed by atoms with Crippen molar-refractivity contribution in [1.29, 1.82) is 2.25 Å². The average molecular weight is 238 g/mol. The third-order valence-corrected chi connectivity index (χ3v) is 0. The topological polar surface area (TPSA) is 0 Å². The summed E-state index contributed by atoms with van der Waals surface area (Å²) in [7, 11) is 8.04. The fraction of sp³-hybridized carbons (Fsp3) is 0. The van der Waals surface area contributed by atoms with Crippen LogP contribution in [0.4, 0.5) is 0 Å². The minimum absolute atomic E-state index is 1.90. The number of hydrogen-bond donors (Lipinski definition) is 0. The van der Waals surface area contributed by atoms with Crippen molar-refractivity contribution in [3.8, 4) is 0 Å². The average Bonchev–Trinajstić information content (AvgIpc) is 2.03. The summed E-state index contributed by atoms with van der Waals surface area (Å²) in [5.74, 6) is 0. The molecule has 0 bridgehead atoms. The Morgan fingerprint density at radius 3 is 1.00 bits per heavy atom. The van der Waals surface area contributed by atoms with Crippen molar-refractivity contribution >= 4 is 47.4 Å². The van der Waals surface area contributed by atoms with Crippen LogP contribution in [0.5, 0.6) is 0 Å². The molecule has 0 aliphatic carbocycles. The van der Waals surface area contributed by atoms with Gasteiger partial charge in [-0.3, -0.25) is 0 Å². The van der Waals surface area contributed by atoms with Gasteiger partial charge >= 0.3 is 52.0 Å². The van der Waals surface area contributed by atoms with Crippen LogP contribution in [0.1, 0.15) is 0 Å². The molecule has 0 aliphatic rings. The normalized spacial score (nSPS) is 3.33. The van der Waals surface area contributed by atoms with E-state index in [9.17, 15) is 0 Å². The fourth-order valence-corrected chi connectivity index (χ4v) is 0. The van der Waals surface area contributed by atoms with Crippen LogP contribution in [0.15, 0.2) is 0 Å². The van der Waals surface area contributed by atoms with Gasteiger partial charge in [-0.05, 0) is 0 Å². The second kappa shape index (κ2) is 54.6. The molecule has 0 nitrogen and oxygen atoms in total. The van der Waals surface area contributed by atoms with E-state index in [1.165, 1.54) is 0 Å². The second-order valence-corrected chi connectivity index (χ2v) is 0. The molecule has 0 spiro atoms. The van der Waals surface area contributed by atoms with E-state index >= 15 is 0 Å². The monoisotopic (exact) mass is 238 g/mol. The Kier molecular flexibility index (Phi) is 101. The second-order valence-electron chi connectivity index (χ2n) is 0. The van der Waals surface area contributed by atoms with Gasteiger partial charge in [0, 0.05) is 0 Å². The first-order valence-corrected chi connectivity index (χ1v) is 4.52. The summed E-state index contributed by atoms with van der Waals surface area (Å²) < 4.78 is 10.9. The molecule has 0 unspecified atom stereocenters. The predicted molar refractivity (Wildman–Crippen MR) is 35.9 cm³/mol. The van der Waals surface area contributed by atoms with E-state index in [-0.39, 0.29) is 0 Å². The first-order chi connectivity index (χ1) is 4.00. The van der Waals surface area contributed by atoms with E-state index in [0.29, 0.717) is 0 Å². The number of rotatable bonds is 0. The van der Waals surface area contributed by atoms with Crippen LogP contribution in [0, 0.1) is 0 Å². The van der Waals surface area contributed by atoms with Crippen molar-refractivity contribution in [2.45, 2.75) is 0 Å². The van der Waals surface area contributed by atoms with Crippen molar-refractivity contribution < 1.29 is 31.4 Å². The molecule has 0 aromatic heterocycles. The first-order valence-electron chi connectivity index (χ1n) is 1.26. The summed E-state index contributed by atoms with van der Waals surface area (Å²) >= 11 is 9.35. The first kappa shape index (κ1) is 11.2. The van der Waals surface area contributed by atoms with Crippen molar-refractivity contribution in [3.05, 3.63) is 0 Å². The zero-order valence-electron chi connectivity index (χ0n) is 4.61. The van der Waals surface area contributed by atoms with Crippen molar-refractivity contribution in [1.82, 2.24) is 0 Å². The summed E-state index contributed by atoms with van der Waals surface area (Å²) in [6.07, 6.45) is 0. The summed E-state index contributed by atoms with van der Waals surface area (Å²) in [4.78, 5) is 0. The van der Waals surface area contributed by atoms with E-state index in [1.807, 2.05) is 31.4 Å². The van der Waals surface area contributed by atoms with Gasteiger partial charge < -0.3 is 0 Å². The summed E-state index contributed by atoms with van der Waals surface area (Å²) in [6, 6.07) is 0. The van der Waals surface area contributed by atoms with E-state index in [4.69, 9.17) is 2.25 Å². The van der Waals surface area contributed by atoms with E-state index in [0.717, 1.165) is 0 Å². The molecule has 0 saturated heterocycles. The Bertz CT molecular complexity index is 14.0. The molecule has 0 amide bonds. The molecule has 0 fully saturated rings. The van der Waals surface area contributed by atoms with Gasteiger partial charge in [-0.15, -0.1) is 0 Å². The van der Waals surface area contributed by atoms with Gasteiger partial charge in [0.25, 0.3) is 0 Å². The third kappa shape index (κ3) is 33.4. The van der Waals surface area contributed by atoms with Crippen LogP contribution < -0.4 is 0 Å². The van der Waals surface area contributed by atoms with Crippen LogP contribution in [0.25, 0.3) is 0 Å². The van der Waals surface area contributed by atoms with Crippen LogP contribution in [0.2, 0.25) is 0 Å². The van der Waals surface area contributed by atoms with Gasteiger partial charge in [-0.1, -0.05) is 0 Å². The third-order valence-electron chi connectivity index (χ3n) is 0. The van der Waals surface area contributed by atoms with Gasteiger partial charge in [0.15, 0.2) is 0 Å². The fourth-order valence-electron chi connectivity index (χ4n) is 0. The molecule has 0 aromatic rings. The molecule has 0 saturated carbocycles. The molecule has 6 heteroatoms. The molecule has 6 heavy (non-hydrogen) atoms. The Balaban J connectivity index is -0.0000000133. The van der Waals surface area contributed by atoms with Crippen LogP contribution in [-0.2, 0) is 31.4 Å². The molecule has 38 valence electrons. The standard InChI is InChI=1S/2H2S.2S.2V/h2*1H2;;;;/i/hT2. The van der Waals surface area contributed by atoms with E-state index in [2.05, 4.69) is 47.4 Å². The summed E-state index contributed by atoms with van der Waals surface area (Å²) in [5.41, 5.74) is 0. The van der Waals surface area contributed by atoms with Crippen molar-refractivity contribution in [3.63, 3.8) is 0 Å². The maximum absolute atomic E-state index is 5.44. The SMILES string of the molecule is [3H]S.[3H]S.[S]=[V].[S]=[V]. The summed E-state index contributed by atoms with van der Waals surface area (Å²) in [5, 5.41) is 0. The minimum atomic E-state index is 1.90. The van der Waals surface area contributed by atoms with Crippen LogP contribution in [-0.4, -0.2) is 2.25 Å². The van der Waals surface area contributed by atoms with E-state index in [1.54, 1.807) is 0 Å². The zero-order chi connectivity index (χ0) is 8.00. The Hall–Kier alpha value is 2.31. The Labute approximate surface area is 80.2 Å². The molecule has 0 aliphatic heterocycles. The van der Waals surface area contributed by atoms with Gasteiger partial charge in [0.05, 0.1) is 2.25 Å². The van der Waals surface area contributed by atoms with Gasteiger partial charge in [0.2, 0.25) is 0 Å². The van der Waals surface area contributed by atoms with Gasteiger partial charge in [-0.25, -0.2) is 0 Å². The Morgan fingerprint density at radius 1 is 1.00 bits per heavy atom. The Morgan fingerprint density at radius 2 is 1.00 bits per heavy atom. The molecule has 0 atom stereocenters. The molecule has 0 heterocycles. The molecular formula is H4S4V2. The van der Waals surface area contributed by atoms with Gasteiger partial charge in [0.1, 0.15) is 0 Å². The molecule has 0 radical (unpaired) electrons. The quantitative estimate of drug-likeness (QED) is 0.627. The zero-order valence-corrected chi connectivity index (χ0v) is 8.82. The van der Waals surface area contributed by atoms with Crippen molar-refractivity contribution in [2.24, 2.45) is 0 Å². The van der Waals surface area contributed by atoms with E-state index < -0.39 is 0 Å². The predicted octanol–water partition coefficient (Wildman–Crippen LogP) is 1.52. The molecular weight excluding hydrogens is 230 g/mol. The van der Waals surface area contributed by atoms with Crippen LogP contribution in [0.3, 0.4) is 0 Å². The van der Waals surface area contributed by atoms with Crippen molar-refractivity contribution in [2.75, 3.05) is 0 Å².